The predicted molar refractivity (Wildman–Crippen MR) is 78.4 cm³/mol. The number of carbonyl (C=O) groups is 2. The van der Waals surface area contributed by atoms with Crippen LogP contribution >= 0.6 is 38.9 Å². The normalized spacial score (nSPS) is 10.2. The van der Waals surface area contributed by atoms with Crippen LogP contribution in [0.1, 0.15) is 20.0 Å². The van der Waals surface area contributed by atoms with Crippen LogP contribution in [-0.2, 0) is 0 Å². The Kier molecular flexibility index (Phi) is 4.24. The van der Waals surface area contributed by atoms with E-state index in [9.17, 15) is 9.59 Å². The van der Waals surface area contributed by atoms with Crippen molar-refractivity contribution in [2.75, 3.05) is 5.32 Å². The van der Waals surface area contributed by atoms with E-state index in [1.807, 2.05) is 0 Å². The molecule has 0 radical (unpaired) electrons. The number of nitrogens with one attached hydrogen (secondary N) is 1. The molecule has 1 amide bonds. The van der Waals surface area contributed by atoms with E-state index < -0.39 is 5.97 Å². The highest BCUT2D eigenvalue weighted by Crippen LogP contribution is 2.26. The van der Waals surface area contributed by atoms with E-state index in [2.05, 4.69) is 21.2 Å². The van der Waals surface area contributed by atoms with Crippen molar-refractivity contribution in [2.24, 2.45) is 0 Å². The first-order valence-corrected chi connectivity index (χ1v) is 7.05. The maximum atomic E-state index is 11.9. The third-order valence-corrected chi connectivity index (χ3v) is 4.21. The van der Waals surface area contributed by atoms with Crippen LogP contribution < -0.4 is 5.32 Å². The van der Waals surface area contributed by atoms with Gasteiger partial charge in [-0.05, 0) is 46.3 Å². The molecule has 0 aliphatic carbocycles. The van der Waals surface area contributed by atoms with Crippen LogP contribution in [0.2, 0.25) is 5.02 Å². The van der Waals surface area contributed by atoms with E-state index in [0.717, 1.165) is 3.79 Å². The van der Waals surface area contributed by atoms with Crippen molar-refractivity contribution in [3.05, 3.63) is 49.6 Å². The van der Waals surface area contributed by atoms with E-state index in [4.69, 9.17) is 16.7 Å². The Labute approximate surface area is 126 Å². The molecule has 1 aromatic carbocycles. The lowest BCUT2D eigenvalue weighted by atomic mass is 10.2. The Morgan fingerprint density at radius 1 is 1.26 bits per heavy atom. The molecule has 0 bridgehead atoms. The largest absolute Gasteiger partial charge is 0.478 e. The van der Waals surface area contributed by atoms with Crippen LogP contribution in [0.4, 0.5) is 5.69 Å². The molecule has 0 saturated carbocycles. The topological polar surface area (TPSA) is 66.4 Å². The molecule has 0 unspecified atom stereocenters. The van der Waals surface area contributed by atoms with E-state index in [1.54, 1.807) is 12.1 Å². The van der Waals surface area contributed by atoms with Gasteiger partial charge in [0.25, 0.3) is 5.91 Å². The molecule has 0 aliphatic rings. The maximum Gasteiger partial charge on any atom is 0.335 e. The van der Waals surface area contributed by atoms with Crippen LogP contribution in [0.25, 0.3) is 0 Å². The van der Waals surface area contributed by atoms with Crippen molar-refractivity contribution in [3.8, 4) is 0 Å². The van der Waals surface area contributed by atoms with Gasteiger partial charge in [0.2, 0.25) is 0 Å². The lowest BCUT2D eigenvalue weighted by Gasteiger charge is -2.07. The monoisotopic (exact) mass is 359 g/mol. The molecule has 2 N–H and O–H groups in total. The summed E-state index contributed by atoms with van der Waals surface area (Å²) in [7, 11) is 0. The molecule has 7 heteroatoms. The van der Waals surface area contributed by atoms with Crippen molar-refractivity contribution >= 4 is 56.4 Å². The number of carboxylic acid groups (broad SMARTS) is 1. The summed E-state index contributed by atoms with van der Waals surface area (Å²) in [6.45, 7) is 0. The van der Waals surface area contributed by atoms with Gasteiger partial charge in [-0.1, -0.05) is 11.6 Å². The zero-order valence-corrected chi connectivity index (χ0v) is 12.5. The van der Waals surface area contributed by atoms with Crippen LogP contribution in [0.3, 0.4) is 0 Å². The van der Waals surface area contributed by atoms with Crippen molar-refractivity contribution in [2.45, 2.75) is 0 Å². The molecule has 2 aromatic rings. The molecule has 1 aromatic heterocycles. The second-order valence-electron chi connectivity index (χ2n) is 3.56. The molecular formula is C12H7BrClNO3S. The number of hydrogen-bond donors (Lipinski definition) is 2. The van der Waals surface area contributed by atoms with Crippen molar-refractivity contribution in [1.82, 2.24) is 0 Å². The number of benzene rings is 1. The number of halogens is 2. The van der Waals surface area contributed by atoms with Gasteiger partial charge in [0.05, 0.1) is 24.9 Å². The van der Waals surface area contributed by atoms with Gasteiger partial charge in [-0.15, -0.1) is 11.3 Å². The Hall–Kier alpha value is -1.37. The minimum Gasteiger partial charge on any atom is -0.478 e. The number of rotatable bonds is 3. The molecule has 0 aliphatic heterocycles. The summed E-state index contributed by atoms with van der Waals surface area (Å²) in [6, 6.07) is 7.56. The Balaban J connectivity index is 2.25. The lowest BCUT2D eigenvalue weighted by Crippen LogP contribution is -2.11. The summed E-state index contributed by atoms with van der Waals surface area (Å²) in [6.07, 6.45) is 0. The van der Waals surface area contributed by atoms with Crippen molar-refractivity contribution < 1.29 is 14.7 Å². The number of anilines is 1. The van der Waals surface area contributed by atoms with Gasteiger partial charge in [-0.3, -0.25) is 4.79 Å². The van der Waals surface area contributed by atoms with E-state index >= 15 is 0 Å². The fourth-order valence-electron chi connectivity index (χ4n) is 1.37. The standard InChI is InChI=1S/C12H7BrClNO3S/c13-10-4-3-9(19-10)11(16)15-8-5-6(12(17)18)1-2-7(8)14/h1-5H,(H,15,16)(H,17,18). The second kappa shape index (κ2) is 5.73. The first-order chi connectivity index (χ1) is 8.97. The third kappa shape index (κ3) is 3.34. The van der Waals surface area contributed by atoms with Crippen LogP contribution in [0.5, 0.6) is 0 Å². The van der Waals surface area contributed by atoms with Gasteiger partial charge in [-0.2, -0.15) is 0 Å². The van der Waals surface area contributed by atoms with Gasteiger partial charge in [0.15, 0.2) is 0 Å². The zero-order valence-electron chi connectivity index (χ0n) is 9.31. The summed E-state index contributed by atoms with van der Waals surface area (Å²) < 4.78 is 0.836. The first-order valence-electron chi connectivity index (χ1n) is 5.07. The fourth-order valence-corrected chi connectivity index (χ4v) is 2.82. The molecule has 2 rings (SSSR count). The number of amides is 1. The predicted octanol–water partition coefficient (Wildman–Crippen LogP) is 4.11. The lowest BCUT2D eigenvalue weighted by molar-refractivity contribution is 0.0696. The summed E-state index contributed by atoms with van der Waals surface area (Å²) in [5, 5.41) is 11.8. The summed E-state index contributed by atoms with van der Waals surface area (Å²) in [5.74, 6) is -1.41. The molecule has 4 nitrogen and oxygen atoms in total. The van der Waals surface area contributed by atoms with E-state index in [0.29, 0.717) is 4.88 Å². The van der Waals surface area contributed by atoms with Gasteiger partial charge < -0.3 is 10.4 Å². The minimum atomic E-state index is -1.08. The Morgan fingerprint density at radius 2 is 2.00 bits per heavy atom. The van der Waals surface area contributed by atoms with Gasteiger partial charge in [-0.25, -0.2) is 4.79 Å². The highest BCUT2D eigenvalue weighted by molar-refractivity contribution is 9.11. The molecule has 1 heterocycles. The molecular weight excluding hydrogens is 354 g/mol. The number of carbonyl (C=O) groups excluding carboxylic acids is 1. The third-order valence-electron chi connectivity index (χ3n) is 2.26. The fraction of sp³-hybridized carbons (Fsp3) is 0. The highest BCUT2D eigenvalue weighted by atomic mass is 79.9. The van der Waals surface area contributed by atoms with Gasteiger partial charge in [0.1, 0.15) is 0 Å². The Morgan fingerprint density at radius 3 is 2.58 bits per heavy atom. The number of thiophene rings is 1. The number of aromatic carboxylic acids is 1. The van der Waals surface area contributed by atoms with E-state index in [-0.39, 0.29) is 22.2 Å². The molecule has 0 saturated heterocycles. The minimum absolute atomic E-state index is 0.0621. The van der Waals surface area contributed by atoms with Gasteiger partial charge >= 0.3 is 5.97 Å². The second-order valence-corrected chi connectivity index (χ2v) is 6.43. The average molecular weight is 361 g/mol. The number of carboxylic acids is 1. The zero-order chi connectivity index (χ0) is 14.0. The van der Waals surface area contributed by atoms with Crippen molar-refractivity contribution in [1.29, 1.82) is 0 Å². The molecule has 0 fully saturated rings. The highest BCUT2D eigenvalue weighted by Gasteiger charge is 2.12. The van der Waals surface area contributed by atoms with Crippen LogP contribution in [0.15, 0.2) is 34.1 Å². The summed E-state index contributed by atoms with van der Waals surface area (Å²) in [4.78, 5) is 23.3. The van der Waals surface area contributed by atoms with E-state index in [1.165, 1.54) is 29.5 Å². The molecule has 98 valence electrons. The summed E-state index contributed by atoms with van der Waals surface area (Å²) in [5.41, 5.74) is 0.336. The van der Waals surface area contributed by atoms with Crippen molar-refractivity contribution in [3.63, 3.8) is 0 Å². The number of hydrogen-bond acceptors (Lipinski definition) is 3. The average Bonchev–Trinajstić information content (AvgIpc) is 2.78. The molecule has 19 heavy (non-hydrogen) atoms. The SMILES string of the molecule is O=C(O)c1ccc(Cl)c(NC(=O)c2ccc(Br)s2)c1. The van der Waals surface area contributed by atoms with Gasteiger partial charge in [0, 0.05) is 0 Å². The maximum absolute atomic E-state index is 11.9. The summed E-state index contributed by atoms with van der Waals surface area (Å²) >= 11 is 10.5. The Bertz CT molecular complexity index is 656. The van der Waals surface area contributed by atoms with Crippen LogP contribution in [-0.4, -0.2) is 17.0 Å². The molecule has 0 atom stereocenters. The molecule has 0 spiro atoms. The smallest absolute Gasteiger partial charge is 0.335 e. The first kappa shape index (κ1) is 14.0. The van der Waals surface area contributed by atoms with Crippen LogP contribution in [0, 0.1) is 0 Å². The quantitative estimate of drug-likeness (QED) is 0.865.